The molecule has 0 radical (unpaired) electrons. The van der Waals surface area contributed by atoms with E-state index in [4.69, 9.17) is 11.6 Å². The van der Waals surface area contributed by atoms with Crippen LogP contribution in [0.4, 0.5) is 10.1 Å². The molecule has 0 unspecified atom stereocenters. The highest BCUT2D eigenvalue weighted by Crippen LogP contribution is 2.15. The second kappa shape index (κ2) is 3.97. The summed E-state index contributed by atoms with van der Waals surface area (Å²) in [6, 6.07) is 7.20. The van der Waals surface area contributed by atoms with Crippen molar-refractivity contribution < 1.29 is 4.39 Å². The topological polar surface area (TPSA) is 12.0 Å². The largest absolute Gasteiger partial charge is 0.382 e. The minimum absolute atomic E-state index is 0.300. The molecule has 1 rings (SSSR count). The van der Waals surface area contributed by atoms with E-state index in [1.54, 1.807) is 12.1 Å². The highest BCUT2D eigenvalue weighted by atomic mass is 35.5. The highest BCUT2D eigenvalue weighted by Gasteiger charge is 2.14. The lowest BCUT2D eigenvalue weighted by molar-refractivity contribution is 0.235. The van der Waals surface area contributed by atoms with E-state index in [0.717, 1.165) is 5.69 Å². The second-order valence-electron chi connectivity index (χ2n) is 3.58. The lowest BCUT2D eigenvalue weighted by Crippen LogP contribution is -2.24. The highest BCUT2D eigenvalue weighted by molar-refractivity contribution is 6.30. The van der Waals surface area contributed by atoms with Crippen LogP contribution < -0.4 is 5.32 Å². The molecule has 0 spiro atoms. The van der Waals surface area contributed by atoms with Gasteiger partial charge in [-0.1, -0.05) is 11.6 Å². The molecule has 0 aliphatic heterocycles. The van der Waals surface area contributed by atoms with Crippen LogP contribution in [-0.2, 0) is 0 Å². The summed E-state index contributed by atoms with van der Waals surface area (Å²) in [6.45, 7) is 3.38. The van der Waals surface area contributed by atoms with Gasteiger partial charge in [0, 0.05) is 17.3 Å². The molecule has 0 saturated carbocycles. The number of anilines is 1. The monoisotopic (exact) mass is 201 g/mol. The van der Waals surface area contributed by atoms with Gasteiger partial charge in [0.25, 0.3) is 0 Å². The van der Waals surface area contributed by atoms with Gasteiger partial charge in [-0.2, -0.15) is 0 Å². The molecule has 1 nitrogen and oxygen atoms in total. The molecule has 72 valence electrons. The van der Waals surface area contributed by atoms with Crippen molar-refractivity contribution in [1.29, 1.82) is 0 Å². The minimum Gasteiger partial charge on any atom is -0.382 e. The van der Waals surface area contributed by atoms with Crippen LogP contribution in [-0.4, -0.2) is 12.2 Å². The van der Waals surface area contributed by atoms with E-state index in [0.29, 0.717) is 11.6 Å². The Morgan fingerprint density at radius 1 is 1.31 bits per heavy atom. The van der Waals surface area contributed by atoms with E-state index in [-0.39, 0.29) is 0 Å². The Kier molecular flexibility index (Phi) is 3.15. The molecule has 0 aliphatic carbocycles. The third-order valence-corrected chi connectivity index (χ3v) is 1.81. The van der Waals surface area contributed by atoms with Crippen molar-refractivity contribution in [2.45, 2.75) is 19.5 Å². The van der Waals surface area contributed by atoms with Crippen molar-refractivity contribution in [2.75, 3.05) is 11.9 Å². The van der Waals surface area contributed by atoms with Crippen molar-refractivity contribution in [2.24, 2.45) is 0 Å². The smallest absolute Gasteiger partial charge is 0.122 e. The molecule has 0 fully saturated rings. The van der Waals surface area contributed by atoms with Crippen molar-refractivity contribution in [3.63, 3.8) is 0 Å². The molecule has 0 heterocycles. The number of nitrogens with one attached hydrogen (secondary N) is 1. The molecular formula is C10H13ClFN. The zero-order chi connectivity index (χ0) is 9.90. The van der Waals surface area contributed by atoms with Crippen molar-refractivity contribution in [3.8, 4) is 0 Å². The molecular weight excluding hydrogens is 189 g/mol. The molecule has 1 aromatic rings. The first-order chi connectivity index (χ1) is 5.97. The maximum Gasteiger partial charge on any atom is 0.122 e. The van der Waals surface area contributed by atoms with Crippen LogP contribution in [0, 0.1) is 0 Å². The quantitative estimate of drug-likeness (QED) is 0.790. The fraction of sp³-hybridized carbons (Fsp3) is 0.400. The molecule has 0 bridgehead atoms. The third-order valence-electron chi connectivity index (χ3n) is 1.56. The lowest BCUT2D eigenvalue weighted by Gasteiger charge is -2.15. The normalized spacial score (nSPS) is 11.4. The summed E-state index contributed by atoms with van der Waals surface area (Å²) in [7, 11) is 0. The average molecular weight is 202 g/mol. The SMILES string of the molecule is CC(C)(F)CNc1ccc(Cl)cc1. The number of halogens is 2. The zero-order valence-electron chi connectivity index (χ0n) is 7.77. The van der Waals surface area contributed by atoms with Crippen LogP contribution in [0.15, 0.2) is 24.3 Å². The van der Waals surface area contributed by atoms with E-state index in [9.17, 15) is 4.39 Å². The third kappa shape index (κ3) is 4.13. The van der Waals surface area contributed by atoms with E-state index in [1.165, 1.54) is 13.8 Å². The molecule has 0 amide bonds. The van der Waals surface area contributed by atoms with Gasteiger partial charge in [0.1, 0.15) is 5.67 Å². The standard InChI is InChI=1S/C10H13ClFN/c1-10(2,12)7-13-9-5-3-8(11)4-6-9/h3-6,13H,7H2,1-2H3. The number of hydrogen-bond donors (Lipinski definition) is 1. The molecule has 1 N–H and O–H groups in total. The first-order valence-corrected chi connectivity index (χ1v) is 4.53. The average Bonchev–Trinajstić information content (AvgIpc) is 2.02. The van der Waals surface area contributed by atoms with E-state index in [1.807, 2.05) is 12.1 Å². The van der Waals surface area contributed by atoms with Crippen LogP contribution in [0.1, 0.15) is 13.8 Å². The van der Waals surface area contributed by atoms with E-state index >= 15 is 0 Å². The minimum atomic E-state index is -1.19. The predicted octanol–water partition coefficient (Wildman–Crippen LogP) is 3.50. The van der Waals surface area contributed by atoms with Crippen LogP contribution in [0.25, 0.3) is 0 Å². The zero-order valence-corrected chi connectivity index (χ0v) is 8.53. The Bertz CT molecular complexity index is 263. The maximum atomic E-state index is 13.1. The fourth-order valence-electron chi connectivity index (χ4n) is 0.880. The summed E-state index contributed by atoms with van der Waals surface area (Å²) in [4.78, 5) is 0. The molecule has 3 heteroatoms. The molecule has 1 aromatic carbocycles. The van der Waals surface area contributed by atoms with Crippen molar-refractivity contribution >= 4 is 17.3 Å². The molecule has 13 heavy (non-hydrogen) atoms. The Morgan fingerprint density at radius 3 is 2.31 bits per heavy atom. The summed E-state index contributed by atoms with van der Waals surface area (Å²) in [6.07, 6.45) is 0. The Hall–Kier alpha value is -0.760. The van der Waals surface area contributed by atoms with E-state index in [2.05, 4.69) is 5.32 Å². The van der Waals surface area contributed by atoms with E-state index < -0.39 is 5.67 Å². The van der Waals surface area contributed by atoms with Gasteiger partial charge in [-0.3, -0.25) is 0 Å². The summed E-state index contributed by atoms with van der Waals surface area (Å²) in [5.74, 6) is 0. The number of hydrogen-bond acceptors (Lipinski definition) is 1. The summed E-state index contributed by atoms with van der Waals surface area (Å²) in [5, 5.41) is 3.66. The van der Waals surface area contributed by atoms with Crippen molar-refractivity contribution in [3.05, 3.63) is 29.3 Å². The Balaban J connectivity index is 2.51. The fourth-order valence-corrected chi connectivity index (χ4v) is 1.01. The predicted molar refractivity (Wildman–Crippen MR) is 55.1 cm³/mol. The van der Waals surface area contributed by atoms with Crippen LogP contribution >= 0.6 is 11.6 Å². The first-order valence-electron chi connectivity index (χ1n) is 4.16. The van der Waals surface area contributed by atoms with Gasteiger partial charge >= 0.3 is 0 Å². The van der Waals surface area contributed by atoms with Crippen LogP contribution in [0.3, 0.4) is 0 Å². The summed E-state index contributed by atoms with van der Waals surface area (Å²) >= 11 is 5.70. The Morgan fingerprint density at radius 2 is 1.85 bits per heavy atom. The Labute approximate surface area is 82.9 Å². The maximum absolute atomic E-state index is 13.1. The number of alkyl halides is 1. The molecule has 0 saturated heterocycles. The van der Waals surface area contributed by atoms with Gasteiger partial charge in [-0.05, 0) is 38.1 Å². The van der Waals surface area contributed by atoms with Gasteiger partial charge < -0.3 is 5.32 Å². The van der Waals surface area contributed by atoms with Gasteiger partial charge in [-0.15, -0.1) is 0 Å². The van der Waals surface area contributed by atoms with Gasteiger partial charge in [0.2, 0.25) is 0 Å². The van der Waals surface area contributed by atoms with Crippen LogP contribution in [0.2, 0.25) is 5.02 Å². The van der Waals surface area contributed by atoms with Crippen LogP contribution in [0.5, 0.6) is 0 Å². The number of benzene rings is 1. The van der Waals surface area contributed by atoms with Gasteiger partial charge in [0.05, 0.1) is 0 Å². The molecule has 0 atom stereocenters. The molecule has 0 aliphatic rings. The number of rotatable bonds is 3. The molecule has 0 aromatic heterocycles. The van der Waals surface area contributed by atoms with Gasteiger partial charge in [0.15, 0.2) is 0 Å². The van der Waals surface area contributed by atoms with Gasteiger partial charge in [-0.25, -0.2) is 4.39 Å². The second-order valence-corrected chi connectivity index (χ2v) is 4.02. The summed E-state index contributed by atoms with van der Waals surface area (Å²) in [5.41, 5.74) is -0.310. The summed E-state index contributed by atoms with van der Waals surface area (Å²) < 4.78 is 13.1. The van der Waals surface area contributed by atoms with Crippen molar-refractivity contribution in [1.82, 2.24) is 0 Å². The first kappa shape index (κ1) is 10.3. The lowest BCUT2D eigenvalue weighted by atomic mass is 10.2.